The number of nitrogens with zero attached hydrogens (tertiary/aromatic N) is 2. The lowest BCUT2D eigenvalue weighted by Crippen LogP contribution is -2.37. The van der Waals surface area contributed by atoms with Crippen LogP contribution in [-0.4, -0.2) is 28.6 Å². The fourth-order valence-electron chi connectivity index (χ4n) is 1.60. The molecule has 4 heteroatoms. The van der Waals surface area contributed by atoms with E-state index >= 15 is 0 Å². The molecule has 1 saturated heterocycles. The lowest BCUT2D eigenvalue weighted by Gasteiger charge is -2.24. The molecule has 0 aliphatic carbocycles. The Bertz CT molecular complexity index is 266. The quantitative estimate of drug-likeness (QED) is 0.697. The Morgan fingerprint density at radius 1 is 1.54 bits per heavy atom. The van der Waals surface area contributed by atoms with Gasteiger partial charge < -0.3 is 10.6 Å². The van der Waals surface area contributed by atoms with Gasteiger partial charge in [-0.15, -0.1) is 0 Å². The summed E-state index contributed by atoms with van der Waals surface area (Å²) in [5.74, 6) is 0.855. The van der Waals surface area contributed by atoms with Gasteiger partial charge in [-0.3, -0.25) is 4.98 Å². The van der Waals surface area contributed by atoms with Crippen LogP contribution in [0.3, 0.4) is 0 Å². The largest absolute Gasteiger partial charge is 0.362 e. The Kier molecular flexibility index (Phi) is 2.14. The van der Waals surface area contributed by atoms with Crippen molar-refractivity contribution in [2.45, 2.75) is 18.9 Å². The highest BCUT2D eigenvalue weighted by Gasteiger charge is 2.28. The average Bonchev–Trinajstić information content (AvgIpc) is 2.54. The molecular weight excluding hydrogens is 164 g/mol. The van der Waals surface area contributed by atoms with Gasteiger partial charge in [0.1, 0.15) is 5.82 Å². The molecular formula is C9H14N4. The van der Waals surface area contributed by atoms with Crippen LogP contribution in [0.5, 0.6) is 0 Å². The average molecular weight is 178 g/mol. The van der Waals surface area contributed by atoms with Gasteiger partial charge in [0.2, 0.25) is 0 Å². The molecule has 0 aromatic carbocycles. The fourth-order valence-corrected chi connectivity index (χ4v) is 1.60. The maximum atomic E-state index is 4.19. The van der Waals surface area contributed by atoms with E-state index in [2.05, 4.69) is 27.5 Å². The Labute approximate surface area is 77.8 Å². The van der Waals surface area contributed by atoms with Gasteiger partial charge in [0.25, 0.3) is 0 Å². The topological polar surface area (TPSA) is 49.8 Å². The third-order valence-electron chi connectivity index (χ3n) is 2.36. The van der Waals surface area contributed by atoms with Crippen molar-refractivity contribution in [2.75, 3.05) is 18.4 Å². The van der Waals surface area contributed by atoms with Crippen molar-refractivity contribution < 1.29 is 0 Å². The number of nitrogens with one attached hydrogen (secondary N) is 2. The molecule has 2 rings (SSSR count). The zero-order valence-electron chi connectivity index (χ0n) is 7.75. The second-order valence-electron chi connectivity index (χ2n) is 3.70. The van der Waals surface area contributed by atoms with Gasteiger partial charge in [0.05, 0.1) is 6.20 Å². The van der Waals surface area contributed by atoms with E-state index in [-0.39, 0.29) is 5.54 Å². The van der Waals surface area contributed by atoms with E-state index in [0.717, 1.165) is 25.3 Å². The van der Waals surface area contributed by atoms with Crippen molar-refractivity contribution in [1.82, 2.24) is 15.3 Å². The third kappa shape index (κ3) is 1.95. The molecule has 13 heavy (non-hydrogen) atoms. The zero-order valence-corrected chi connectivity index (χ0v) is 7.75. The first kappa shape index (κ1) is 8.44. The first-order valence-corrected chi connectivity index (χ1v) is 4.53. The van der Waals surface area contributed by atoms with Gasteiger partial charge >= 0.3 is 0 Å². The van der Waals surface area contributed by atoms with Crippen LogP contribution in [0, 0.1) is 0 Å². The monoisotopic (exact) mass is 178 g/mol. The number of hydrogen-bond acceptors (Lipinski definition) is 4. The molecule has 4 nitrogen and oxygen atoms in total. The number of hydrogen-bond donors (Lipinski definition) is 2. The third-order valence-corrected chi connectivity index (χ3v) is 2.36. The van der Waals surface area contributed by atoms with E-state index in [1.54, 1.807) is 18.6 Å². The highest BCUT2D eigenvalue weighted by atomic mass is 15.1. The second-order valence-corrected chi connectivity index (χ2v) is 3.70. The van der Waals surface area contributed by atoms with E-state index in [1.807, 2.05) is 0 Å². The molecule has 0 saturated carbocycles. The first-order chi connectivity index (χ1) is 6.29. The normalized spacial score (nSPS) is 27.5. The molecule has 1 aliphatic rings. The van der Waals surface area contributed by atoms with Crippen LogP contribution in [0.1, 0.15) is 13.3 Å². The van der Waals surface area contributed by atoms with Gasteiger partial charge in [0, 0.05) is 24.5 Å². The maximum Gasteiger partial charge on any atom is 0.144 e. The van der Waals surface area contributed by atoms with Crippen molar-refractivity contribution in [3.63, 3.8) is 0 Å². The summed E-state index contributed by atoms with van der Waals surface area (Å²) in [6.07, 6.45) is 6.27. The summed E-state index contributed by atoms with van der Waals surface area (Å²) in [5, 5.41) is 6.70. The Morgan fingerprint density at radius 2 is 2.46 bits per heavy atom. The van der Waals surface area contributed by atoms with Crippen molar-refractivity contribution in [3.05, 3.63) is 18.6 Å². The van der Waals surface area contributed by atoms with Gasteiger partial charge in [-0.2, -0.15) is 0 Å². The van der Waals surface area contributed by atoms with Crippen LogP contribution in [0.15, 0.2) is 18.6 Å². The molecule has 1 aromatic rings. The lowest BCUT2D eigenvalue weighted by atomic mass is 10.0. The summed E-state index contributed by atoms with van der Waals surface area (Å²) in [6.45, 7) is 4.26. The van der Waals surface area contributed by atoms with Gasteiger partial charge in [0.15, 0.2) is 0 Å². The molecule has 70 valence electrons. The van der Waals surface area contributed by atoms with E-state index < -0.39 is 0 Å². The van der Waals surface area contributed by atoms with Crippen molar-refractivity contribution in [2.24, 2.45) is 0 Å². The van der Waals surface area contributed by atoms with Crippen LogP contribution in [0.4, 0.5) is 5.82 Å². The van der Waals surface area contributed by atoms with Crippen LogP contribution < -0.4 is 10.6 Å². The molecule has 0 amide bonds. The summed E-state index contributed by atoms with van der Waals surface area (Å²) in [5.41, 5.74) is 0.135. The van der Waals surface area contributed by atoms with Crippen LogP contribution >= 0.6 is 0 Å². The van der Waals surface area contributed by atoms with Crippen LogP contribution in [-0.2, 0) is 0 Å². The zero-order chi connectivity index (χ0) is 9.15. The molecule has 1 aliphatic heterocycles. The molecule has 2 heterocycles. The fraction of sp³-hybridized carbons (Fsp3) is 0.556. The highest BCUT2D eigenvalue weighted by molar-refractivity contribution is 5.34. The SMILES string of the molecule is CC1(Nc2cnccn2)CCNC1. The Balaban J connectivity index is 2.05. The summed E-state index contributed by atoms with van der Waals surface area (Å²) in [6, 6.07) is 0. The molecule has 0 spiro atoms. The molecule has 1 atom stereocenters. The Morgan fingerprint density at radius 3 is 3.08 bits per heavy atom. The summed E-state index contributed by atoms with van der Waals surface area (Å²) < 4.78 is 0. The summed E-state index contributed by atoms with van der Waals surface area (Å²) >= 11 is 0. The number of rotatable bonds is 2. The molecule has 0 bridgehead atoms. The molecule has 2 N–H and O–H groups in total. The Hall–Kier alpha value is -1.16. The van der Waals surface area contributed by atoms with E-state index in [9.17, 15) is 0 Å². The number of anilines is 1. The minimum absolute atomic E-state index is 0.135. The standard InChI is InChI=1S/C9H14N4/c1-9(2-3-11-7-9)13-8-6-10-4-5-12-8/h4-6,11H,2-3,7H2,1H3,(H,12,13). The summed E-state index contributed by atoms with van der Waals surface area (Å²) in [4.78, 5) is 8.20. The first-order valence-electron chi connectivity index (χ1n) is 4.53. The van der Waals surface area contributed by atoms with Crippen molar-refractivity contribution in [1.29, 1.82) is 0 Å². The van der Waals surface area contributed by atoms with E-state index in [1.165, 1.54) is 0 Å². The highest BCUT2D eigenvalue weighted by Crippen LogP contribution is 2.18. The number of aromatic nitrogens is 2. The van der Waals surface area contributed by atoms with Gasteiger partial charge in [-0.1, -0.05) is 0 Å². The van der Waals surface area contributed by atoms with Crippen LogP contribution in [0.2, 0.25) is 0 Å². The van der Waals surface area contributed by atoms with Gasteiger partial charge in [-0.05, 0) is 19.9 Å². The van der Waals surface area contributed by atoms with Crippen molar-refractivity contribution >= 4 is 5.82 Å². The van der Waals surface area contributed by atoms with Gasteiger partial charge in [-0.25, -0.2) is 4.98 Å². The lowest BCUT2D eigenvalue weighted by molar-refractivity contribution is 0.564. The van der Waals surface area contributed by atoms with E-state index in [4.69, 9.17) is 0 Å². The van der Waals surface area contributed by atoms with Crippen molar-refractivity contribution in [3.8, 4) is 0 Å². The molecule has 1 aromatic heterocycles. The maximum absolute atomic E-state index is 4.19. The predicted octanol–water partition coefficient (Wildman–Crippen LogP) is 0.640. The summed E-state index contributed by atoms with van der Waals surface area (Å²) in [7, 11) is 0. The molecule has 1 fully saturated rings. The molecule has 1 unspecified atom stereocenters. The molecule has 0 radical (unpaired) electrons. The predicted molar refractivity (Wildman–Crippen MR) is 51.5 cm³/mol. The van der Waals surface area contributed by atoms with Crippen LogP contribution in [0.25, 0.3) is 0 Å². The minimum Gasteiger partial charge on any atom is -0.362 e. The smallest absolute Gasteiger partial charge is 0.144 e. The second kappa shape index (κ2) is 3.30. The van der Waals surface area contributed by atoms with E-state index in [0.29, 0.717) is 0 Å². The minimum atomic E-state index is 0.135.